The third kappa shape index (κ3) is 5.73. The van der Waals surface area contributed by atoms with Gasteiger partial charge in [-0.05, 0) is 30.5 Å². The number of rotatable bonds is 7. The van der Waals surface area contributed by atoms with E-state index in [1.165, 1.54) is 27.8 Å². The van der Waals surface area contributed by atoms with Crippen LogP contribution in [0.5, 0.6) is 0 Å². The Morgan fingerprint density at radius 2 is 1.15 bits per heavy atom. The number of aromatic amines is 1. The number of aryl methyl sites for hydroxylation is 2. The largest absolute Gasteiger partial charge is 0.338 e. The molecule has 4 heteroatoms. The summed E-state index contributed by atoms with van der Waals surface area (Å²) in [5, 5.41) is 0. The minimum atomic E-state index is 0.274. The van der Waals surface area contributed by atoms with Crippen LogP contribution in [0.1, 0.15) is 34.0 Å². The van der Waals surface area contributed by atoms with Crippen molar-refractivity contribution in [3.63, 3.8) is 0 Å². The van der Waals surface area contributed by atoms with E-state index in [-0.39, 0.29) is 6.04 Å². The van der Waals surface area contributed by atoms with Gasteiger partial charge >= 0.3 is 0 Å². The molecule has 2 heterocycles. The Bertz CT molecular complexity index is 1440. The van der Waals surface area contributed by atoms with Gasteiger partial charge in [-0.1, -0.05) is 120 Å². The van der Waals surface area contributed by atoms with Gasteiger partial charge in [0.1, 0.15) is 5.82 Å². The zero-order valence-corrected chi connectivity index (χ0v) is 22.8. The Kier molecular flexibility index (Phi) is 7.40. The molecule has 0 unspecified atom stereocenters. The van der Waals surface area contributed by atoms with Crippen LogP contribution in [0.25, 0.3) is 22.6 Å². The first-order valence-electron chi connectivity index (χ1n) is 13.9. The van der Waals surface area contributed by atoms with Gasteiger partial charge < -0.3 is 4.98 Å². The van der Waals surface area contributed by atoms with Crippen LogP contribution in [0.3, 0.4) is 0 Å². The smallest absolute Gasteiger partial charge is 0.138 e. The second kappa shape index (κ2) is 11.4. The molecule has 1 aromatic heterocycles. The van der Waals surface area contributed by atoms with E-state index in [4.69, 9.17) is 4.98 Å². The summed E-state index contributed by atoms with van der Waals surface area (Å²) in [5.74, 6) is 0.937. The third-order valence-corrected chi connectivity index (χ3v) is 7.82. The van der Waals surface area contributed by atoms with Gasteiger partial charge in [-0.25, -0.2) is 4.98 Å². The quantitative estimate of drug-likeness (QED) is 0.249. The van der Waals surface area contributed by atoms with E-state index in [0.29, 0.717) is 0 Å². The SMILES string of the molecule is Cc1ccc(-c2nc(CN3CCN(C(c4ccccc4)c4ccccc4)CC3)c(-c3ccc(C)cc3)[nH]2)cc1. The lowest BCUT2D eigenvalue weighted by Crippen LogP contribution is -2.47. The predicted octanol–water partition coefficient (Wildman–Crippen LogP) is 7.27. The molecule has 0 atom stereocenters. The second-order valence-corrected chi connectivity index (χ2v) is 10.7. The molecular formula is C35H36N4. The lowest BCUT2D eigenvalue weighted by Gasteiger charge is -2.39. The standard InChI is InChI=1S/C35H36N4/c1-26-13-17-28(18-14-26)33-32(36-35(37-33)31-19-15-27(2)16-20-31)25-38-21-23-39(24-22-38)34(29-9-5-3-6-10-29)30-11-7-4-8-12-30/h3-20,34H,21-25H2,1-2H3,(H,36,37). The van der Waals surface area contributed by atoms with Gasteiger partial charge in [0.2, 0.25) is 0 Å². The third-order valence-electron chi connectivity index (χ3n) is 7.82. The van der Waals surface area contributed by atoms with Crippen LogP contribution in [0, 0.1) is 13.8 Å². The van der Waals surface area contributed by atoms with Crippen molar-refractivity contribution >= 4 is 0 Å². The second-order valence-electron chi connectivity index (χ2n) is 10.7. The van der Waals surface area contributed by atoms with Crippen LogP contribution >= 0.6 is 0 Å². The molecule has 39 heavy (non-hydrogen) atoms. The van der Waals surface area contributed by atoms with Gasteiger partial charge in [0, 0.05) is 38.3 Å². The van der Waals surface area contributed by atoms with E-state index >= 15 is 0 Å². The highest BCUT2D eigenvalue weighted by atomic mass is 15.3. The molecule has 0 bridgehead atoms. The van der Waals surface area contributed by atoms with Crippen molar-refractivity contribution in [1.29, 1.82) is 0 Å². The average Bonchev–Trinajstić information content (AvgIpc) is 3.39. The number of piperazine rings is 1. The molecule has 1 fully saturated rings. The van der Waals surface area contributed by atoms with Crippen molar-refractivity contribution in [2.45, 2.75) is 26.4 Å². The highest BCUT2D eigenvalue weighted by Gasteiger charge is 2.27. The molecule has 0 spiro atoms. The van der Waals surface area contributed by atoms with Crippen molar-refractivity contribution in [3.8, 4) is 22.6 Å². The van der Waals surface area contributed by atoms with E-state index in [1.807, 2.05) is 0 Å². The molecule has 1 saturated heterocycles. The molecule has 1 aliphatic rings. The normalized spacial score (nSPS) is 14.6. The Labute approximate surface area is 232 Å². The zero-order valence-electron chi connectivity index (χ0n) is 22.8. The van der Waals surface area contributed by atoms with Crippen LogP contribution in [0.15, 0.2) is 109 Å². The summed E-state index contributed by atoms with van der Waals surface area (Å²) in [4.78, 5) is 14.0. The molecule has 196 valence electrons. The first-order valence-corrected chi connectivity index (χ1v) is 13.9. The first-order chi connectivity index (χ1) is 19.1. The van der Waals surface area contributed by atoms with E-state index in [2.05, 4.69) is 138 Å². The van der Waals surface area contributed by atoms with E-state index in [9.17, 15) is 0 Å². The van der Waals surface area contributed by atoms with Crippen LogP contribution < -0.4 is 0 Å². The Balaban J connectivity index is 1.23. The first kappa shape index (κ1) is 25.3. The molecule has 0 amide bonds. The lowest BCUT2D eigenvalue weighted by atomic mass is 9.96. The minimum absolute atomic E-state index is 0.274. The molecule has 4 nitrogen and oxygen atoms in total. The van der Waals surface area contributed by atoms with Crippen LogP contribution in [0.2, 0.25) is 0 Å². The summed E-state index contributed by atoms with van der Waals surface area (Å²) >= 11 is 0. The van der Waals surface area contributed by atoms with Gasteiger partial charge in [-0.3, -0.25) is 9.80 Å². The molecule has 4 aromatic carbocycles. The Morgan fingerprint density at radius 1 is 0.641 bits per heavy atom. The number of hydrogen-bond donors (Lipinski definition) is 1. The summed E-state index contributed by atoms with van der Waals surface area (Å²) in [6.45, 7) is 9.14. The molecule has 0 saturated carbocycles. The topological polar surface area (TPSA) is 35.2 Å². The Hall–Kier alpha value is -3.99. The van der Waals surface area contributed by atoms with Gasteiger partial charge in [0.05, 0.1) is 17.4 Å². The van der Waals surface area contributed by atoms with Crippen molar-refractivity contribution in [2.24, 2.45) is 0 Å². The zero-order chi connectivity index (χ0) is 26.6. The fourth-order valence-electron chi connectivity index (χ4n) is 5.61. The van der Waals surface area contributed by atoms with Crippen LogP contribution in [-0.4, -0.2) is 45.9 Å². The number of imidazole rings is 1. The summed E-state index contributed by atoms with van der Waals surface area (Å²) in [5.41, 5.74) is 9.78. The average molecular weight is 513 g/mol. The van der Waals surface area contributed by atoms with Crippen molar-refractivity contribution < 1.29 is 0 Å². The summed E-state index contributed by atoms with van der Waals surface area (Å²) in [7, 11) is 0. The number of benzene rings is 4. The maximum Gasteiger partial charge on any atom is 0.138 e. The van der Waals surface area contributed by atoms with E-state index in [0.717, 1.165) is 55.5 Å². The van der Waals surface area contributed by atoms with Gasteiger partial charge in [0.15, 0.2) is 0 Å². The number of nitrogens with one attached hydrogen (secondary N) is 1. The van der Waals surface area contributed by atoms with E-state index < -0.39 is 0 Å². The molecule has 1 aliphatic heterocycles. The minimum Gasteiger partial charge on any atom is -0.338 e. The summed E-state index contributed by atoms with van der Waals surface area (Å²) in [6, 6.07) is 39.5. The van der Waals surface area contributed by atoms with Crippen molar-refractivity contribution in [3.05, 3.63) is 137 Å². The van der Waals surface area contributed by atoms with Gasteiger partial charge in [-0.2, -0.15) is 0 Å². The fourth-order valence-corrected chi connectivity index (χ4v) is 5.61. The van der Waals surface area contributed by atoms with Gasteiger partial charge in [-0.15, -0.1) is 0 Å². The Morgan fingerprint density at radius 3 is 1.69 bits per heavy atom. The maximum atomic E-state index is 5.14. The number of hydrogen-bond acceptors (Lipinski definition) is 3. The van der Waals surface area contributed by atoms with Crippen LogP contribution in [-0.2, 0) is 6.54 Å². The number of H-pyrrole nitrogens is 1. The van der Waals surface area contributed by atoms with E-state index in [1.54, 1.807) is 0 Å². The summed E-state index contributed by atoms with van der Waals surface area (Å²) in [6.07, 6.45) is 0. The summed E-state index contributed by atoms with van der Waals surface area (Å²) < 4.78 is 0. The molecule has 5 aromatic rings. The lowest BCUT2D eigenvalue weighted by molar-refractivity contribution is 0.104. The number of aromatic nitrogens is 2. The van der Waals surface area contributed by atoms with Crippen molar-refractivity contribution in [1.82, 2.24) is 19.8 Å². The number of nitrogens with zero attached hydrogens (tertiary/aromatic N) is 3. The van der Waals surface area contributed by atoms with Gasteiger partial charge in [0.25, 0.3) is 0 Å². The molecule has 0 radical (unpaired) electrons. The van der Waals surface area contributed by atoms with Crippen molar-refractivity contribution in [2.75, 3.05) is 26.2 Å². The monoisotopic (exact) mass is 512 g/mol. The fraction of sp³-hybridized carbons (Fsp3) is 0.229. The van der Waals surface area contributed by atoms with Crippen LogP contribution in [0.4, 0.5) is 0 Å². The molecule has 0 aliphatic carbocycles. The maximum absolute atomic E-state index is 5.14. The molecule has 6 rings (SSSR count). The highest BCUT2D eigenvalue weighted by molar-refractivity contribution is 5.68. The predicted molar refractivity (Wildman–Crippen MR) is 161 cm³/mol. The highest BCUT2D eigenvalue weighted by Crippen LogP contribution is 2.31. The molecular weight excluding hydrogens is 476 g/mol. The molecule has 1 N–H and O–H groups in total.